The van der Waals surface area contributed by atoms with Crippen LogP contribution in [0.3, 0.4) is 0 Å². The summed E-state index contributed by atoms with van der Waals surface area (Å²) in [6.45, 7) is 5.23. The van der Waals surface area contributed by atoms with Gasteiger partial charge in [-0.15, -0.1) is 11.3 Å². The standard InChI is InChI=1S/C17H18ClFN2OS/c1-12-5-6-16(23-12)17(22)21-9-7-20(8-10-21)11-13-14(18)3-2-4-15(13)19/h2-6H,7-11H2,1H3. The Morgan fingerprint density at radius 2 is 1.96 bits per heavy atom. The first-order valence-corrected chi connectivity index (χ1v) is 8.75. The molecule has 122 valence electrons. The third-order valence-corrected chi connectivity index (χ3v) is 5.40. The molecule has 0 unspecified atom stereocenters. The largest absolute Gasteiger partial charge is 0.335 e. The molecule has 1 aromatic heterocycles. The lowest BCUT2D eigenvalue weighted by Gasteiger charge is -2.34. The highest BCUT2D eigenvalue weighted by Crippen LogP contribution is 2.22. The normalized spacial score (nSPS) is 15.9. The van der Waals surface area contributed by atoms with E-state index < -0.39 is 0 Å². The maximum atomic E-state index is 13.9. The molecule has 1 aliphatic rings. The van der Waals surface area contributed by atoms with E-state index in [1.807, 2.05) is 24.0 Å². The van der Waals surface area contributed by atoms with Gasteiger partial charge >= 0.3 is 0 Å². The van der Waals surface area contributed by atoms with Crippen molar-refractivity contribution in [2.45, 2.75) is 13.5 Å². The maximum Gasteiger partial charge on any atom is 0.264 e. The molecule has 1 saturated heterocycles. The number of hydrogen-bond donors (Lipinski definition) is 0. The van der Waals surface area contributed by atoms with E-state index in [-0.39, 0.29) is 11.7 Å². The van der Waals surface area contributed by atoms with Crippen LogP contribution in [0.4, 0.5) is 4.39 Å². The van der Waals surface area contributed by atoms with Gasteiger partial charge in [0.05, 0.1) is 4.88 Å². The summed E-state index contributed by atoms with van der Waals surface area (Å²) in [5, 5.41) is 0.456. The summed E-state index contributed by atoms with van der Waals surface area (Å²) < 4.78 is 13.9. The zero-order valence-corrected chi connectivity index (χ0v) is 14.5. The van der Waals surface area contributed by atoms with Crippen LogP contribution >= 0.6 is 22.9 Å². The summed E-state index contributed by atoms with van der Waals surface area (Å²) in [6.07, 6.45) is 0. The number of aryl methyl sites for hydroxylation is 1. The minimum absolute atomic E-state index is 0.0895. The molecule has 23 heavy (non-hydrogen) atoms. The zero-order chi connectivity index (χ0) is 16.4. The molecule has 6 heteroatoms. The Morgan fingerprint density at radius 3 is 2.57 bits per heavy atom. The number of benzene rings is 1. The molecule has 0 bridgehead atoms. The Balaban J connectivity index is 1.59. The van der Waals surface area contributed by atoms with Gasteiger partial charge in [0.15, 0.2) is 0 Å². The number of halogens is 2. The predicted octanol–water partition coefficient (Wildman–Crippen LogP) is 3.81. The lowest BCUT2D eigenvalue weighted by molar-refractivity contribution is 0.0632. The van der Waals surface area contributed by atoms with Crippen molar-refractivity contribution in [2.75, 3.05) is 26.2 Å². The first kappa shape index (κ1) is 16.4. The molecule has 0 radical (unpaired) electrons. The van der Waals surface area contributed by atoms with E-state index in [0.717, 1.165) is 22.8 Å². The molecule has 3 rings (SSSR count). The number of nitrogens with zero attached hydrogens (tertiary/aromatic N) is 2. The Bertz CT molecular complexity index is 690. The van der Waals surface area contributed by atoms with Crippen LogP contribution in [0.5, 0.6) is 0 Å². The molecule has 0 aliphatic carbocycles. The Labute approximate surface area is 144 Å². The van der Waals surface area contributed by atoms with Crippen LogP contribution in [-0.2, 0) is 6.54 Å². The highest BCUT2D eigenvalue weighted by Gasteiger charge is 2.24. The molecule has 1 amide bonds. The van der Waals surface area contributed by atoms with Crippen LogP contribution in [0.15, 0.2) is 30.3 Å². The average Bonchev–Trinajstić information content (AvgIpc) is 2.97. The number of thiophene rings is 1. The second kappa shape index (κ2) is 6.99. The van der Waals surface area contributed by atoms with Crippen LogP contribution in [0.25, 0.3) is 0 Å². The molecule has 0 N–H and O–H groups in total. The molecule has 0 saturated carbocycles. The molecule has 2 aromatic rings. The van der Waals surface area contributed by atoms with E-state index >= 15 is 0 Å². The summed E-state index contributed by atoms with van der Waals surface area (Å²) in [5.74, 6) is -0.184. The van der Waals surface area contributed by atoms with Crippen molar-refractivity contribution in [1.29, 1.82) is 0 Å². The Kier molecular flexibility index (Phi) is 4.99. The number of hydrogen-bond acceptors (Lipinski definition) is 3. The van der Waals surface area contributed by atoms with Gasteiger partial charge < -0.3 is 4.90 Å². The van der Waals surface area contributed by atoms with Gasteiger partial charge in [-0.05, 0) is 31.2 Å². The number of rotatable bonds is 3. The van der Waals surface area contributed by atoms with Gasteiger partial charge in [0, 0.05) is 48.2 Å². The summed E-state index contributed by atoms with van der Waals surface area (Å²) >= 11 is 7.61. The van der Waals surface area contributed by atoms with E-state index in [1.165, 1.54) is 17.4 Å². The van der Waals surface area contributed by atoms with Gasteiger partial charge in [0.25, 0.3) is 5.91 Å². The predicted molar refractivity (Wildman–Crippen MR) is 91.6 cm³/mol. The fourth-order valence-electron chi connectivity index (χ4n) is 2.72. The molecule has 3 nitrogen and oxygen atoms in total. The third kappa shape index (κ3) is 3.74. The molecule has 1 aromatic carbocycles. The van der Waals surface area contributed by atoms with Crippen molar-refractivity contribution in [1.82, 2.24) is 9.80 Å². The van der Waals surface area contributed by atoms with E-state index in [9.17, 15) is 9.18 Å². The van der Waals surface area contributed by atoms with E-state index in [1.54, 1.807) is 12.1 Å². The lowest BCUT2D eigenvalue weighted by Crippen LogP contribution is -2.48. The second-order valence-corrected chi connectivity index (χ2v) is 7.37. The van der Waals surface area contributed by atoms with E-state index in [2.05, 4.69) is 4.90 Å². The number of carbonyl (C=O) groups is 1. The van der Waals surface area contributed by atoms with Crippen molar-refractivity contribution in [3.05, 3.63) is 56.5 Å². The summed E-state index contributed by atoms with van der Waals surface area (Å²) in [5.41, 5.74) is 0.530. The summed E-state index contributed by atoms with van der Waals surface area (Å²) in [4.78, 5) is 18.3. The average molecular weight is 353 g/mol. The van der Waals surface area contributed by atoms with Crippen LogP contribution in [0, 0.1) is 12.7 Å². The van der Waals surface area contributed by atoms with Gasteiger partial charge in [-0.3, -0.25) is 9.69 Å². The van der Waals surface area contributed by atoms with Crippen molar-refractivity contribution < 1.29 is 9.18 Å². The fraction of sp³-hybridized carbons (Fsp3) is 0.353. The highest BCUT2D eigenvalue weighted by molar-refractivity contribution is 7.13. The molecule has 2 heterocycles. The van der Waals surface area contributed by atoms with E-state index in [4.69, 9.17) is 11.6 Å². The first-order chi connectivity index (χ1) is 11.0. The van der Waals surface area contributed by atoms with Gasteiger partial charge in [-0.25, -0.2) is 4.39 Å². The number of carbonyl (C=O) groups excluding carboxylic acids is 1. The number of amides is 1. The van der Waals surface area contributed by atoms with Gasteiger partial charge in [-0.2, -0.15) is 0 Å². The second-order valence-electron chi connectivity index (χ2n) is 5.68. The van der Waals surface area contributed by atoms with Crippen LogP contribution in [0.2, 0.25) is 5.02 Å². The minimum atomic E-state index is -0.273. The number of piperazine rings is 1. The monoisotopic (exact) mass is 352 g/mol. The lowest BCUT2D eigenvalue weighted by atomic mass is 10.2. The van der Waals surface area contributed by atoms with Crippen molar-refractivity contribution in [2.24, 2.45) is 0 Å². The zero-order valence-electron chi connectivity index (χ0n) is 12.9. The molecular weight excluding hydrogens is 335 g/mol. The van der Waals surface area contributed by atoms with Gasteiger partial charge in [0.2, 0.25) is 0 Å². The minimum Gasteiger partial charge on any atom is -0.335 e. The van der Waals surface area contributed by atoms with E-state index in [0.29, 0.717) is 30.2 Å². The molecule has 0 spiro atoms. The SMILES string of the molecule is Cc1ccc(C(=O)N2CCN(Cc3c(F)cccc3Cl)CC2)s1. The smallest absolute Gasteiger partial charge is 0.264 e. The maximum absolute atomic E-state index is 13.9. The molecule has 1 fully saturated rings. The molecular formula is C17H18ClFN2OS. The third-order valence-electron chi connectivity index (χ3n) is 4.05. The molecule has 0 atom stereocenters. The molecule has 1 aliphatic heterocycles. The summed E-state index contributed by atoms with van der Waals surface area (Å²) in [6, 6.07) is 8.60. The van der Waals surface area contributed by atoms with Crippen molar-refractivity contribution in [3.63, 3.8) is 0 Å². The Hall–Kier alpha value is -1.43. The van der Waals surface area contributed by atoms with Crippen LogP contribution in [-0.4, -0.2) is 41.9 Å². The Morgan fingerprint density at radius 1 is 1.22 bits per heavy atom. The van der Waals surface area contributed by atoms with Crippen molar-refractivity contribution >= 4 is 28.8 Å². The van der Waals surface area contributed by atoms with Crippen molar-refractivity contribution in [3.8, 4) is 0 Å². The fourth-order valence-corrected chi connectivity index (χ4v) is 3.78. The quantitative estimate of drug-likeness (QED) is 0.838. The van der Waals surface area contributed by atoms with Gasteiger partial charge in [-0.1, -0.05) is 17.7 Å². The van der Waals surface area contributed by atoms with Crippen LogP contribution < -0.4 is 0 Å². The topological polar surface area (TPSA) is 23.6 Å². The summed E-state index contributed by atoms with van der Waals surface area (Å²) in [7, 11) is 0. The van der Waals surface area contributed by atoms with Crippen LogP contribution in [0.1, 0.15) is 20.1 Å². The van der Waals surface area contributed by atoms with Gasteiger partial charge in [0.1, 0.15) is 5.82 Å². The highest BCUT2D eigenvalue weighted by atomic mass is 35.5. The first-order valence-electron chi connectivity index (χ1n) is 7.55.